The Morgan fingerprint density at radius 3 is 2.50 bits per heavy atom. The summed E-state index contributed by atoms with van der Waals surface area (Å²) in [7, 11) is 0. The molecule has 0 saturated heterocycles. The molecule has 0 aliphatic rings. The lowest BCUT2D eigenvalue weighted by molar-refractivity contribution is 0.264. The van der Waals surface area contributed by atoms with E-state index in [1.54, 1.807) is 0 Å². The predicted octanol–water partition coefficient (Wildman–Crippen LogP) is 4.68. The van der Waals surface area contributed by atoms with Gasteiger partial charge >= 0.3 is 5.37 Å². The zero-order valence-electron chi connectivity index (χ0n) is 10.1. The van der Waals surface area contributed by atoms with Crippen molar-refractivity contribution < 1.29 is 9.18 Å². The Balaban J connectivity index is 2.30. The van der Waals surface area contributed by atoms with Gasteiger partial charge in [0.2, 0.25) is 0 Å². The standard InChI is InChI=1S/C14H9Cl2FN2O/c15-12-8-11(6-7-13(12)17)19(14(16)20)18-9-10-4-2-1-3-5-10/h1-9H. The molecular weight excluding hydrogens is 302 g/mol. The molecule has 102 valence electrons. The van der Waals surface area contributed by atoms with Gasteiger partial charge in [0.1, 0.15) is 5.82 Å². The highest BCUT2D eigenvalue weighted by Gasteiger charge is 2.13. The Hall–Kier alpha value is -1.91. The molecule has 2 aromatic rings. The van der Waals surface area contributed by atoms with E-state index in [1.807, 2.05) is 30.3 Å². The van der Waals surface area contributed by atoms with Crippen molar-refractivity contribution in [2.75, 3.05) is 5.01 Å². The third-order valence-corrected chi connectivity index (χ3v) is 2.89. The minimum atomic E-state index is -0.820. The van der Waals surface area contributed by atoms with E-state index in [0.29, 0.717) is 0 Å². The number of benzene rings is 2. The Labute approximate surface area is 125 Å². The van der Waals surface area contributed by atoms with Crippen molar-refractivity contribution in [3.63, 3.8) is 0 Å². The third kappa shape index (κ3) is 3.56. The van der Waals surface area contributed by atoms with Crippen LogP contribution in [0.25, 0.3) is 0 Å². The molecule has 0 atom stereocenters. The number of halogens is 3. The van der Waals surface area contributed by atoms with Crippen LogP contribution in [0.5, 0.6) is 0 Å². The van der Waals surface area contributed by atoms with Crippen LogP contribution in [-0.4, -0.2) is 11.6 Å². The van der Waals surface area contributed by atoms with Crippen LogP contribution < -0.4 is 5.01 Å². The van der Waals surface area contributed by atoms with Gasteiger partial charge in [-0.15, -0.1) is 0 Å². The van der Waals surface area contributed by atoms with Gasteiger partial charge in [-0.2, -0.15) is 10.1 Å². The summed E-state index contributed by atoms with van der Waals surface area (Å²) in [5.74, 6) is -0.579. The lowest BCUT2D eigenvalue weighted by Crippen LogP contribution is -2.19. The molecule has 2 rings (SSSR count). The van der Waals surface area contributed by atoms with E-state index >= 15 is 0 Å². The van der Waals surface area contributed by atoms with Crippen molar-refractivity contribution in [3.05, 3.63) is 64.9 Å². The van der Waals surface area contributed by atoms with Crippen molar-refractivity contribution >= 4 is 40.5 Å². The van der Waals surface area contributed by atoms with Gasteiger partial charge < -0.3 is 0 Å². The number of hydrazone groups is 1. The maximum atomic E-state index is 13.1. The van der Waals surface area contributed by atoms with Crippen LogP contribution in [0.1, 0.15) is 5.56 Å². The van der Waals surface area contributed by atoms with Crippen LogP contribution in [0.3, 0.4) is 0 Å². The van der Waals surface area contributed by atoms with Crippen LogP contribution in [0, 0.1) is 5.82 Å². The van der Waals surface area contributed by atoms with Crippen LogP contribution in [0.2, 0.25) is 5.02 Å². The van der Waals surface area contributed by atoms with E-state index in [9.17, 15) is 9.18 Å². The molecule has 0 spiro atoms. The van der Waals surface area contributed by atoms with Crippen molar-refractivity contribution in [2.24, 2.45) is 5.10 Å². The molecule has 0 aliphatic heterocycles. The molecule has 0 N–H and O–H groups in total. The highest BCUT2D eigenvalue weighted by atomic mass is 35.5. The SMILES string of the molecule is O=C(Cl)N(N=Cc1ccccc1)c1ccc(F)c(Cl)c1. The first-order chi connectivity index (χ1) is 9.58. The van der Waals surface area contributed by atoms with E-state index in [1.165, 1.54) is 18.3 Å². The molecule has 3 nitrogen and oxygen atoms in total. The number of hydrogen-bond donors (Lipinski definition) is 0. The summed E-state index contributed by atoms with van der Waals surface area (Å²) in [6, 6.07) is 13.0. The van der Waals surface area contributed by atoms with Crippen LogP contribution in [-0.2, 0) is 0 Å². The maximum absolute atomic E-state index is 13.1. The summed E-state index contributed by atoms with van der Waals surface area (Å²) in [4.78, 5) is 11.4. The van der Waals surface area contributed by atoms with Gasteiger partial charge in [-0.3, -0.25) is 4.79 Å². The zero-order valence-corrected chi connectivity index (χ0v) is 11.6. The molecule has 0 fully saturated rings. The number of anilines is 1. The third-order valence-electron chi connectivity index (χ3n) is 2.44. The predicted molar refractivity (Wildman–Crippen MR) is 79.2 cm³/mol. The van der Waals surface area contributed by atoms with Crippen molar-refractivity contribution in [1.29, 1.82) is 0 Å². The molecule has 0 heterocycles. The Kier molecular flexibility index (Phi) is 4.71. The highest BCUT2D eigenvalue weighted by Crippen LogP contribution is 2.24. The van der Waals surface area contributed by atoms with Gasteiger partial charge in [-0.1, -0.05) is 41.9 Å². The number of hydrogen-bond acceptors (Lipinski definition) is 2. The molecule has 0 radical (unpaired) electrons. The first kappa shape index (κ1) is 14.5. The number of carbonyl (C=O) groups is 1. The summed E-state index contributed by atoms with van der Waals surface area (Å²) in [6.07, 6.45) is 1.47. The van der Waals surface area contributed by atoms with Crippen molar-refractivity contribution in [2.45, 2.75) is 0 Å². The number of carbonyl (C=O) groups excluding carboxylic acids is 1. The Bertz CT molecular complexity index is 647. The van der Waals surface area contributed by atoms with Crippen molar-refractivity contribution in [3.8, 4) is 0 Å². The van der Waals surface area contributed by atoms with Gasteiger partial charge in [-0.25, -0.2) is 4.39 Å². The van der Waals surface area contributed by atoms with Crippen LogP contribution in [0.15, 0.2) is 53.6 Å². The molecule has 1 amide bonds. The summed E-state index contributed by atoms with van der Waals surface area (Å²) >= 11 is 11.1. The number of amides is 1. The molecule has 6 heteroatoms. The summed E-state index contributed by atoms with van der Waals surface area (Å²) in [5, 5.41) is 3.98. The van der Waals surface area contributed by atoms with Gasteiger partial charge in [0.15, 0.2) is 0 Å². The normalized spacial score (nSPS) is 10.8. The smallest absolute Gasteiger partial charge is 0.253 e. The summed E-state index contributed by atoms with van der Waals surface area (Å²) < 4.78 is 13.1. The minimum Gasteiger partial charge on any atom is -0.253 e. The Morgan fingerprint density at radius 2 is 1.90 bits per heavy atom. The summed E-state index contributed by atoms with van der Waals surface area (Å²) in [5.41, 5.74) is 1.08. The largest absolute Gasteiger partial charge is 0.341 e. The quantitative estimate of drug-likeness (QED) is 0.351. The van der Waals surface area contributed by atoms with E-state index in [4.69, 9.17) is 23.2 Å². The maximum Gasteiger partial charge on any atom is 0.341 e. The van der Waals surface area contributed by atoms with Crippen LogP contribution in [0.4, 0.5) is 14.9 Å². The van der Waals surface area contributed by atoms with Gasteiger partial charge in [0, 0.05) is 0 Å². The van der Waals surface area contributed by atoms with Gasteiger partial charge in [0.05, 0.1) is 16.9 Å². The first-order valence-electron chi connectivity index (χ1n) is 5.61. The molecule has 0 aliphatic carbocycles. The number of rotatable bonds is 3. The van der Waals surface area contributed by atoms with Gasteiger partial charge in [0.25, 0.3) is 0 Å². The van der Waals surface area contributed by atoms with E-state index in [2.05, 4.69) is 5.10 Å². The Morgan fingerprint density at radius 1 is 1.20 bits per heavy atom. The lowest BCUT2D eigenvalue weighted by Gasteiger charge is -2.13. The van der Waals surface area contributed by atoms with Gasteiger partial charge in [-0.05, 0) is 35.4 Å². The molecule has 2 aromatic carbocycles. The monoisotopic (exact) mass is 310 g/mol. The minimum absolute atomic E-state index is 0.111. The first-order valence-corrected chi connectivity index (χ1v) is 6.37. The van der Waals surface area contributed by atoms with E-state index in [-0.39, 0.29) is 10.7 Å². The highest BCUT2D eigenvalue weighted by molar-refractivity contribution is 6.66. The molecule has 0 aromatic heterocycles. The fourth-order valence-electron chi connectivity index (χ4n) is 1.49. The topological polar surface area (TPSA) is 32.7 Å². The lowest BCUT2D eigenvalue weighted by atomic mass is 10.2. The fourth-order valence-corrected chi connectivity index (χ4v) is 1.81. The van der Waals surface area contributed by atoms with Crippen molar-refractivity contribution in [1.82, 2.24) is 0 Å². The fraction of sp³-hybridized carbons (Fsp3) is 0. The molecule has 0 saturated carbocycles. The molecule has 20 heavy (non-hydrogen) atoms. The second-order valence-electron chi connectivity index (χ2n) is 3.82. The van der Waals surface area contributed by atoms with E-state index < -0.39 is 11.2 Å². The molecule has 0 bridgehead atoms. The number of nitrogens with zero attached hydrogens (tertiary/aromatic N) is 2. The average molecular weight is 311 g/mol. The molecule has 0 unspecified atom stereocenters. The average Bonchev–Trinajstić information content (AvgIpc) is 2.43. The zero-order chi connectivity index (χ0) is 14.5. The summed E-state index contributed by atoms with van der Waals surface area (Å²) in [6.45, 7) is 0. The molecular formula is C14H9Cl2FN2O. The van der Waals surface area contributed by atoms with Crippen LogP contribution >= 0.6 is 23.2 Å². The van der Waals surface area contributed by atoms with E-state index in [0.717, 1.165) is 16.6 Å². The second-order valence-corrected chi connectivity index (χ2v) is 4.55. The second kappa shape index (κ2) is 6.50.